The second-order valence-electron chi connectivity index (χ2n) is 5.49. The number of hydrogen-bond donors (Lipinski definition) is 4. The average Bonchev–Trinajstić information content (AvgIpc) is 2.44. The summed E-state index contributed by atoms with van der Waals surface area (Å²) in [6, 6.07) is 0. The quantitative estimate of drug-likeness (QED) is 0.476. The predicted molar refractivity (Wildman–Crippen MR) is 73.1 cm³/mol. The van der Waals surface area contributed by atoms with E-state index in [2.05, 4.69) is 6.92 Å². The van der Waals surface area contributed by atoms with Gasteiger partial charge in [-0.15, -0.1) is 0 Å². The summed E-state index contributed by atoms with van der Waals surface area (Å²) in [5.41, 5.74) is 0. The Balaban J connectivity index is 2.40. The molecule has 6 heteroatoms. The van der Waals surface area contributed by atoms with Crippen LogP contribution in [-0.2, 0) is 9.47 Å². The van der Waals surface area contributed by atoms with Crippen LogP contribution < -0.4 is 0 Å². The van der Waals surface area contributed by atoms with Gasteiger partial charge in [0.05, 0.1) is 12.7 Å². The molecule has 0 aromatic rings. The zero-order chi connectivity index (χ0) is 15.1. The van der Waals surface area contributed by atoms with Gasteiger partial charge < -0.3 is 29.9 Å². The maximum absolute atomic E-state index is 9.84. The smallest absolute Gasteiger partial charge is 0.186 e. The Labute approximate surface area is 120 Å². The zero-order valence-corrected chi connectivity index (χ0v) is 12.3. The van der Waals surface area contributed by atoms with E-state index in [0.717, 1.165) is 19.3 Å². The number of unbranched alkanes of at least 4 members (excludes halogenated alkanes) is 3. The Bertz CT molecular complexity index is 260. The molecule has 0 aromatic carbocycles. The highest BCUT2D eigenvalue weighted by Gasteiger charge is 2.44. The third-order valence-corrected chi connectivity index (χ3v) is 3.68. The average molecular weight is 292 g/mol. The lowest BCUT2D eigenvalue weighted by Crippen LogP contribution is -2.59. The third-order valence-electron chi connectivity index (χ3n) is 3.68. The summed E-state index contributed by atoms with van der Waals surface area (Å²) in [6.07, 6.45) is -0.709. The van der Waals surface area contributed by atoms with E-state index < -0.39 is 37.3 Å². The van der Waals surface area contributed by atoms with Crippen molar-refractivity contribution >= 4 is 0 Å². The van der Waals surface area contributed by atoms with Crippen LogP contribution in [0.1, 0.15) is 46.0 Å². The van der Waals surface area contributed by atoms with Crippen LogP contribution in [0.4, 0.5) is 0 Å². The molecule has 0 aromatic heterocycles. The minimum Gasteiger partial charge on any atom is -0.394 e. The van der Waals surface area contributed by atoms with Crippen molar-refractivity contribution in [1.82, 2.24) is 0 Å². The van der Waals surface area contributed by atoms with Crippen molar-refractivity contribution < 1.29 is 29.9 Å². The summed E-state index contributed by atoms with van der Waals surface area (Å²) < 4.78 is 10.9. The Morgan fingerprint density at radius 1 is 1.05 bits per heavy atom. The molecular formula is C14H28O6. The summed E-state index contributed by atoms with van der Waals surface area (Å²) >= 11 is 0. The first-order valence-electron chi connectivity index (χ1n) is 7.47. The standard InChI is InChI=1S/C14H28O6/c1-3-4-5-6-7-9(2)19-14-13(18)12(17)11(16)10(8-15)20-14/h9-18H,3-8H2,1-2H3/t9?,10-,11-,12+,13-,14+/m1/s1. The van der Waals surface area contributed by atoms with Crippen LogP contribution in [0.3, 0.4) is 0 Å². The van der Waals surface area contributed by atoms with E-state index in [-0.39, 0.29) is 6.10 Å². The van der Waals surface area contributed by atoms with Crippen molar-refractivity contribution in [2.75, 3.05) is 6.61 Å². The molecule has 20 heavy (non-hydrogen) atoms. The minimum atomic E-state index is -1.38. The lowest BCUT2D eigenvalue weighted by Gasteiger charge is -2.40. The summed E-state index contributed by atoms with van der Waals surface area (Å²) in [7, 11) is 0. The van der Waals surface area contributed by atoms with Gasteiger partial charge in [-0.05, 0) is 13.3 Å². The molecule has 6 nitrogen and oxygen atoms in total. The molecule has 1 aliphatic heterocycles. The van der Waals surface area contributed by atoms with Crippen molar-refractivity contribution in [3.63, 3.8) is 0 Å². The fraction of sp³-hybridized carbons (Fsp3) is 1.00. The van der Waals surface area contributed by atoms with Crippen molar-refractivity contribution in [1.29, 1.82) is 0 Å². The molecule has 1 rings (SSSR count). The summed E-state index contributed by atoms with van der Waals surface area (Å²) in [5, 5.41) is 38.2. The van der Waals surface area contributed by atoms with Gasteiger partial charge in [0.2, 0.25) is 0 Å². The molecule has 1 fully saturated rings. The van der Waals surface area contributed by atoms with Crippen LogP contribution in [0.2, 0.25) is 0 Å². The number of hydrogen-bond acceptors (Lipinski definition) is 6. The molecular weight excluding hydrogens is 264 g/mol. The first-order valence-corrected chi connectivity index (χ1v) is 7.47. The van der Waals surface area contributed by atoms with Crippen LogP contribution in [0.25, 0.3) is 0 Å². The zero-order valence-electron chi connectivity index (χ0n) is 12.3. The van der Waals surface area contributed by atoms with Crippen LogP contribution >= 0.6 is 0 Å². The van der Waals surface area contributed by atoms with Crippen LogP contribution in [0.15, 0.2) is 0 Å². The topological polar surface area (TPSA) is 99.4 Å². The monoisotopic (exact) mass is 292 g/mol. The third kappa shape index (κ3) is 4.95. The highest BCUT2D eigenvalue weighted by molar-refractivity contribution is 4.89. The van der Waals surface area contributed by atoms with Crippen LogP contribution in [0, 0.1) is 0 Å². The van der Waals surface area contributed by atoms with E-state index in [1.54, 1.807) is 0 Å². The first kappa shape index (κ1) is 17.8. The van der Waals surface area contributed by atoms with E-state index in [9.17, 15) is 15.3 Å². The molecule has 0 saturated carbocycles. The molecule has 1 aliphatic rings. The first-order chi connectivity index (χ1) is 9.51. The molecule has 0 radical (unpaired) electrons. The Morgan fingerprint density at radius 2 is 1.75 bits per heavy atom. The number of rotatable bonds is 8. The van der Waals surface area contributed by atoms with Gasteiger partial charge in [-0.1, -0.05) is 32.6 Å². The van der Waals surface area contributed by atoms with E-state index in [1.807, 2.05) is 6.92 Å². The second kappa shape index (κ2) is 8.92. The van der Waals surface area contributed by atoms with E-state index in [0.29, 0.717) is 0 Å². The Morgan fingerprint density at radius 3 is 2.35 bits per heavy atom. The number of aliphatic hydroxyl groups is 4. The van der Waals surface area contributed by atoms with Gasteiger partial charge in [0.1, 0.15) is 24.4 Å². The molecule has 1 saturated heterocycles. The van der Waals surface area contributed by atoms with Gasteiger partial charge >= 0.3 is 0 Å². The maximum Gasteiger partial charge on any atom is 0.186 e. The second-order valence-corrected chi connectivity index (χ2v) is 5.49. The lowest BCUT2D eigenvalue weighted by atomic mass is 9.99. The molecule has 0 bridgehead atoms. The molecule has 0 amide bonds. The summed E-state index contributed by atoms with van der Waals surface area (Å²) in [4.78, 5) is 0. The van der Waals surface area contributed by atoms with E-state index in [4.69, 9.17) is 14.6 Å². The SMILES string of the molecule is CCCCCCC(C)O[C@H]1O[C@H](CO)[C@@H](O)[C@H](O)[C@H]1O. The molecule has 1 heterocycles. The summed E-state index contributed by atoms with van der Waals surface area (Å²) in [5.74, 6) is 0. The Hall–Kier alpha value is -0.240. The fourth-order valence-electron chi connectivity index (χ4n) is 2.34. The predicted octanol–water partition coefficient (Wildman–Crippen LogP) is 0.162. The van der Waals surface area contributed by atoms with Crippen molar-refractivity contribution in [2.24, 2.45) is 0 Å². The number of aliphatic hydroxyl groups excluding tert-OH is 4. The van der Waals surface area contributed by atoms with Crippen molar-refractivity contribution in [3.8, 4) is 0 Å². The van der Waals surface area contributed by atoms with Gasteiger partial charge in [-0.2, -0.15) is 0 Å². The lowest BCUT2D eigenvalue weighted by molar-refractivity contribution is -0.310. The largest absolute Gasteiger partial charge is 0.394 e. The van der Waals surface area contributed by atoms with E-state index >= 15 is 0 Å². The molecule has 6 atom stereocenters. The van der Waals surface area contributed by atoms with Gasteiger partial charge in [-0.3, -0.25) is 0 Å². The molecule has 0 aliphatic carbocycles. The highest BCUT2D eigenvalue weighted by Crippen LogP contribution is 2.23. The molecule has 120 valence electrons. The highest BCUT2D eigenvalue weighted by atomic mass is 16.7. The van der Waals surface area contributed by atoms with Crippen molar-refractivity contribution in [2.45, 2.75) is 82.8 Å². The molecule has 1 unspecified atom stereocenters. The van der Waals surface area contributed by atoms with Gasteiger partial charge in [-0.25, -0.2) is 0 Å². The normalized spacial score (nSPS) is 36.0. The molecule has 0 spiro atoms. The van der Waals surface area contributed by atoms with Crippen LogP contribution in [0.5, 0.6) is 0 Å². The van der Waals surface area contributed by atoms with Crippen LogP contribution in [-0.4, -0.2) is 63.8 Å². The minimum absolute atomic E-state index is 0.117. The fourth-order valence-corrected chi connectivity index (χ4v) is 2.34. The van der Waals surface area contributed by atoms with Gasteiger partial charge in [0, 0.05) is 0 Å². The van der Waals surface area contributed by atoms with Gasteiger partial charge in [0.15, 0.2) is 6.29 Å². The number of ether oxygens (including phenoxy) is 2. The molecule has 4 N–H and O–H groups in total. The summed E-state index contributed by atoms with van der Waals surface area (Å²) in [6.45, 7) is 3.59. The van der Waals surface area contributed by atoms with Crippen molar-refractivity contribution in [3.05, 3.63) is 0 Å². The Kier molecular flexibility index (Phi) is 7.94. The van der Waals surface area contributed by atoms with E-state index in [1.165, 1.54) is 12.8 Å². The van der Waals surface area contributed by atoms with Gasteiger partial charge in [0.25, 0.3) is 0 Å². The maximum atomic E-state index is 9.84.